The van der Waals surface area contributed by atoms with Crippen LogP contribution in [0.3, 0.4) is 0 Å². The van der Waals surface area contributed by atoms with E-state index in [1.165, 1.54) is 0 Å². The van der Waals surface area contributed by atoms with Crippen molar-refractivity contribution in [2.45, 2.75) is 18.9 Å². The van der Waals surface area contributed by atoms with E-state index in [4.69, 9.17) is 14.6 Å². The summed E-state index contributed by atoms with van der Waals surface area (Å²) in [4.78, 5) is 12.9. The van der Waals surface area contributed by atoms with E-state index in [1.54, 1.807) is 7.11 Å². The van der Waals surface area contributed by atoms with E-state index >= 15 is 0 Å². The van der Waals surface area contributed by atoms with Crippen molar-refractivity contribution in [3.8, 4) is 0 Å². The molecule has 1 aliphatic heterocycles. The van der Waals surface area contributed by atoms with E-state index < -0.39 is 5.97 Å². The molecular formula is C10H19NO4. The molecule has 1 rings (SSSR count). The van der Waals surface area contributed by atoms with Crippen LogP contribution in [0.2, 0.25) is 0 Å². The fraction of sp³-hybridized carbons (Fsp3) is 0.900. The molecule has 88 valence electrons. The highest BCUT2D eigenvalue weighted by molar-refractivity contribution is 5.67. The van der Waals surface area contributed by atoms with Gasteiger partial charge in [-0.2, -0.15) is 0 Å². The number of methoxy groups -OCH3 is 1. The molecule has 0 saturated carbocycles. The van der Waals surface area contributed by atoms with Gasteiger partial charge in [0, 0.05) is 32.8 Å². The maximum absolute atomic E-state index is 10.7. The third-order valence-corrected chi connectivity index (χ3v) is 2.63. The Morgan fingerprint density at radius 1 is 1.53 bits per heavy atom. The zero-order valence-electron chi connectivity index (χ0n) is 9.15. The number of nitrogens with zero attached hydrogens (tertiary/aromatic N) is 1. The summed E-state index contributed by atoms with van der Waals surface area (Å²) in [5, 5.41) is 8.82. The topological polar surface area (TPSA) is 59.0 Å². The quantitative estimate of drug-likeness (QED) is 0.688. The minimum absolute atomic E-state index is 0.0753. The zero-order valence-corrected chi connectivity index (χ0v) is 9.15. The number of ether oxygens (including phenoxy) is 2. The van der Waals surface area contributed by atoms with Crippen molar-refractivity contribution in [2.75, 3.05) is 40.0 Å². The zero-order chi connectivity index (χ0) is 11.1. The molecule has 5 heteroatoms. The average molecular weight is 217 g/mol. The Morgan fingerprint density at radius 3 is 2.73 bits per heavy atom. The van der Waals surface area contributed by atoms with Crippen molar-refractivity contribution in [1.29, 1.82) is 0 Å². The van der Waals surface area contributed by atoms with E-state index in [0.29, 0.717) is 19.8 Å². The van der Waals surface area contributed by atoms with Crippen LogP contribution in [0.5, 0.6) is 0 Å². The van der Waals surface area contributed by atoms with Crippen molar-refractivity contribution in [2.24, 2.45) is 0 Å². The minimum Gasteiger partial charge on any atom is -0.481 e. The second-order valence-corrected chi connectivity index (χ2v) is 3.68. The van der Waals surface area contributed by atoms with Crippen LogP contribution in [-0.4, -0.2) is 62.0 Å². The first-order chi connectivity index (χ1) is 7.24. The fourth-order valence-electron chi connectivity index (χ4n) is 1.81. The van der Waals surface area contributed by atoms with Gasteiger partial charge in [-0.15, -0.1) is 0 Å². The summed E-state index contributed by atoms with van der Waals surface area (Å²) in [5.41, 5.74) is 0. The Labute approximate surface area is 90.0 Å². The van der Waals surface area contributed by atoms with Gasteiger partial charge in [0.25, 0.3) is 0 Å². The molecule has 1 atom stereocenters. The second-order valence-electron chi connectivity index (χ2n) is 3.68. The molecule has 5 nitrogen and oxygen atoms in total. The first-order valence-corrected chi connectivity index (χ1v) is 5.26. The maximum atomic E-state index is 10.7. The van der Waals surface area contributed by atoms with Gasteiger partial charge in [-0.1, -0.05) is 0 Å². The number of carbonyl (C=O) groups is 1. The molecule has 1 N–H and O–H groups in total. The normalized spacial score (nSPS) is 20.1. The molecule has 1 unspecified atom stereocenters. The van der Waals surface area contributed by atoms with Gasteiger partial charge in [0.1, 0.15) is 0 Å². The van der Waals surface area contributed by atoms with Gasteiger partial charge in [-0.25, -0.2) is 0 Å². The summed E-state index contributed by atoms with van der Waals surface area (Å²) < 4.78 is 10.2. The lowest BCUT2D eigenvalue weighted by atomic mass is 10.1. The van der Waals surface area contributed by atoms with Gasteiger partial charge in [-0.3, -0.25) is 9.69 Å². The van der Waals surface area contributed by atoms with E-state index in [-0.39, 0.29) is 12.5 Å². The Hall–Kier alpha value is -0.650. The van der Waals surface area contributed by atoms with Gasteiger partial charge in [0.15, 0.2) is 0 Å². The lowest BCUT2D eigenvalue weighted by Crippen LogP contribution is -2.44. The summed E-state index contributed by atoms with van der Waals surface area (Å²) in [6.45, 7) is 3.64. The summed E-state index contributed by atoms with van der Waals surface area (Å²) in [6.07, 6.45) is 0.951. The molecule has 15 heavy (non-hydrogen) atoms. The molecule has 1 heterocycles. The molecule has 0 aromatic rings. The van der Waals surface area contributed by atoms with Crippen molar-refractivity contribution in [3.63, 3.8) is 0 Å². The van der Waals surface area contributed by atoms with Gasteiger partial charge in [-0.05, 0) is 6.42 Å². The van der Waals surface area contributed by atoms with E-state index in [1.807, 2.05) is 0 Å². The molecule has 1 fully saturated rings. The molecule has 0 aliphatic carbocycles. The first kappa shape index (κ1) is 12.4. The van der Waals surface area contributed by atoms with Crippen molar-refractivity contribution in [3.05, 3.63) is 0 Å². The molecule has 0 aromatic carbocycles. The predicted molar refractivity (Wildman–Crippen MR) is 54.9 cm³/mol. The third-order valence-electron chi connectivity index (χ3n) is 2.63. The highest BCUT2D eigenvalue weighted by atomic mass is 16.5. The van der Waals surface area contributed by atoms with Crippen molar-refractivity contribution >= 4 is 5.97 Å². The maximum Gasteiger partial charge on any atom is 0.304 e. The van der Waals surface area contributed by atoms with Gasteiger partial charge >= 0.3 is 5.97 Å². The first-order valence-electron chi connectivity index (χ1n) is 5.26. The predicted octanol–water partition coefficient (Wildman–Crippen LogP) is 0.198. The molecule has 1 aliphatic rings. The number of carboxylic acid groups (broad SMARTS) is 1. The number of morpholine rings is 1. The number of hydrogen-bond acceptors (Lipinski definition) is 4. The molecule has 0 radical (unpaired) electrons. The van der Waals surface area contributed by atoms with Gasteiger partial charge in [0.05, 0.1) is 19.6 Å². The number of carboxylic acids is 1. The highest BCUT2D eigenvalue weighted by Gasteiger charge is 2.22. The monoisotopic (exact) mass is 217 g/mol. The lowest BCUT2D eigenvalue weighted by molar-refractivity contribution is -0.139. The van der Waals surface area contributed by atoms with Crippen LogP contribution >= 0.6 is 0 Å². The van der Waals surface area contributed by atoms with E-state index in [9.17, 15) is 4.79 Å². The van der Waals surface area contributed by atoms with Crippen LogP contribution in [0, 0.1) is 0 Å². The summed E-state index contributed by atoms with van der Waals surface area (Å²) in [6, 6.07) is 0.0753. The lowest BCUT2D eigenvalue weighted by Gasteiger charge is -2.33. The van der Waals surface area contributed by atoms with E-state index in [2.05, 4.69) is 4.90 Å². The third kappa shape index (κ3) is 4.59. The molecule has 0 aromatic heterocycles. The van der Waals surface area contributed by atoms with Crippen molar-refractivity contribution in [1.82, 2.24) is 4.90 Å². The molecule has 0 amide bonds. The largest absolute Gasteiger partial charge is 0.481 e. The molecular weight excluding hydrogens is 198 g/mol. The Balaban J connectivity index is 2.41. The molecule has 1 saturated heterocycles. The van der Waals surface area contributed by atoms with Gasteiger partial charge in [0.2, 0.25) is 0 Å². The minimum atomic E-state index is -0.748. The Bertz CT molecular complexity index is 192. The number of aliphatic carboxylic acids is 1. The van der Waals surface area contributed by atoms with Crippen LogP contribution < -0.4 is 0 Å². The van der Waals surface area contributed by atoms with E-state index in [0.717, 1.165) is 19.5 Å². The fourth-order valence-corrected chi connectivity index (χ4v) is 1.81. The summed E-state index contributed by atoms with van der Waals surface area (Å²) in [7, 11) is 1.64. The van der Waals surface area contributed by atoms with Crippen LogP contribution in [0.1, 0.15) is 12.8 Å². The Kier molecular flexibility index (Phi) is 5.60. The van der Waals surface area contributed by atoms with Crippen LogP contribution in [0.25, 0.3) is 0 Å². The smallest absolute Gasteiger partial charge is 0.304 e. The van der Waals surface area contributed by atoms with Crippen LogP contribution in [0.15, 0.2) is 0 Å². The number of hydrogen-bond donors (Lipinski definition) is 1. The standard InChI is InChI=1S/C10H19NO4/c1-14-5-2-9(8-10(12)13)11-3-6-15-7-4-11/h9H,2-8H2,1H3,(H,12,13). The van der Waals surface area contributed by atoms with Crippen molar-refractivity contribution < 1.29 is 19.4 Å². The molecule has 0 bridgehead atoms. The van der Waals surface area contributed by atoms with Gasteiger partial charge < -0.3 is 14.6 Å². The average Bonchev–Trinajstić information content (AvgIpc) is 2.25. The van der Waals surface area contributed by atoms with Crippen LogP contribution in [-0.2, 0) is 14.3 Å². The highest BCUT2D eigenvalue weighted by Crippen LogP contribution is 2.11. The number of rotatable bonds is 6. The summed E-state index contributed by atoms with van der Waals surface area (Å²) in [5.74, 6) is -0.748. The molecule has 0 spiro atoms. The Morgan fingerprint density at radius 2 is 2.20 bits per heavy atom. The SMILES string of the molecule is COCCC(CC(=O)O)N1CCOCC1. The summed E-state index contributed by atoms with van der Waals surface area (Å²) >= 11 is 0. The second kappa shape index (κ2) is 6.76. The van der Waals surface area contributed by atoms with Crippen LogP contribution in [0.4, 0.5) is 0 Å².